The molecule has 0 atom stereocenters. The van der Waals surface area contributed by atoms with Gasteiger partial charge in [-0.1, -0.05) is 28.1 Å². The highest BCUT2D eigenvalue weighted by molar-refractivity contribution is 9.10. The van der Waals surface area contributed by atoms with Crippen LogP contribution in [0, 0.1) is 6.92 Å². The normalized spacial score (nSPS) is 10.1. The van der Waals surface area contributed by atoms with Gasteiger partial charge in [0, 0.05) is 16.7 Å². The molecule has 0 heterocycles. The van der Waals surface area contributed by atoms with E-state index in [1.54, 1.807) is 19.2 Å². The second kappa shape index (κ2) is 8.49. The van der Waals surface area contributed by atoms with E-state index in [1.807, 2.05) is 37.3 Å². The first-order valence-electron chi connectivity index (χ1n) is 7.48. The Balaban J connectivity index is 1.83. The van der Waals surface area contributed by atoms with Crippen LogP contribution in [-0.2, 0) is 16.0 Å². The van der Waals surface area contributed by atoms with Crippen molar-refractivity contribution in [2.75, 3.05) is 19.0 Å². The Kier molecular flexibility index (Phi) is 6.37. The lowest BCUT2D eigenvalue weighted by atomic mass is 10.1. The van der Waals surface area contributed by atoms with Gasteiger partial charge in [-0.2, -0.15) is 0 Å². The van der Waals surface area contributed by atoms with Crippen molar-refractivity contribution in [3.05, 3.63) is 58.1 Å². The molecule has 126 valence electrons. The number of benzene rings is 2. The maximum absolute atomic E-state index is 11.9. The summed E-state index contributed by atoms with van der Waals surface area (Å²) in [6.07, 6.45) is 0.619. The molecule has 0 bridgehead atoms. The van der Waals surface area contributed by atoms with Gasteiger partial charge in [0.25, 0.3) is 0 Å². The van der Waals surface area contributed by atoms with E-state index in [9.17, 15) is 9.59 Å². The van der Waals surface area contributed by atoms with E-state index in [1.165, 1.54) is 0 Å². The van der Waals surface area contributed by atoms with Crippen LogP contribution in [0.2, 0.25) is 0 Å². The molecule has 0 aliphatic heterocycles. The number of hydrogen-bond donors (Lipinski definition) is 2. The van der Waals surface area contributed by atoms with Gasteiger partial charge in [0.15, 0.2) is 0 Å². The molecule has 2 aromatic rings. The summed E-state index contributed by atoms with van der Waals surface area (Å²) in [6.45, 7) is 2.28. The molecular formula is C18H19BrN2O3. The van der Waals surface area contributed by atoms with E-state index in [2.05, 4.69) is 26.6 Å². The zero-order valence-electron chi connectivity index (χ0n) is 13.6. The lowest BCUT2D eigenvalue weighted by molar-refractivity contribution is -0.136. The average Bonchev–Trinajstić information content (AvgIpc) is 2.58. The number of carbonyl (C=O) groups excluding carboxylic acids is 2. The van der Waals surface area contributed by atoms with Crippen molar-refractivity contribution < 1.29 is 14.3 Å². The standard InChI is InChI=1S/C18H19BrN2O3/c1-12-10-14(6-7-16(12)19)21-18(23)17(22)20-9-8-13-4-3-5-15(11-13)24-2/h3-7,10-11H,8-9H2,1-2H3,(H,20,22)(H,21,23). The molecule has 2 amide bonds. The Hall–Kier alpha value is -2.34. The number of aryl methyl sites for hydroxylation is 1. The SMILES string of the molecule is COc1cccc(CCNC(=O)C(=O)Nc2ccc(Br)c(C)c2)c1. The molecule has 0 spiro atoms. The summed E-state index contributed by atoms with van der Waals surface area (Å²) in [5, 5.41) is 5.20. The third kappa shape index (κ3) is 5.09. The molecule has 0 saturated carbocycles. The van der Waals surface area contributed by atoms with Crippen LogP contribution in [-0.4, -0.2) is 25.5 Å². The number of ether oxygens (including phenoxy) is 1. The Bertz CT molecular complexity index is 747. The fourth-order valence-corrected chi connectivity index (χ4v) is 2.39. The van der Waals surface area contributed by atoms with E-state index in [0.29, 0.717) is 18.7 Å². The van der Waals surface area contributed by atoms with Crippen LogP contribution in [0.1, 0.15) is 11.1 Å². The van der Waals surface area contributed by atoms with Crippen molar-refractivity contribution in [2.45, 2.75) is 13.3 Å². The first-order valence-corrected chi connectivity index (χ1v) is 8.27. The number of anilines is 1. The lowest BCUT2D eigenvalue weighted by Gasteiger charge is -2.08. The van der Waals surface area contributed by atoms with Crippen molar-refractivity contribution in [3.63, 3.8) is 0 Å². The van der Waals surface area contributed by atoms with E-state index in [-0.39, 0.29) is 0 Å². The molecule has 2 N–H and O–H groups in total. The molecular weight excluding hydrogens is 372 g/mol. The zero-order valence-corrected chi connectivity index (χ0v) is 15.1. The van der Waals surface area contributed by atoms with Gasteiger partial charge < -0.3 is 15.4 Å². The molecule has 2 rings (SSSR count). The Labute approximate surface area is 149 Å². The summed E-state index contributed by atoms with van der Waals surface area (Å²) in [5.74, 6) is -0.567. The third-order valence-electron chi connectivity index (χ3n) is 3.46. The van der Waals surface area contributed by atoms with Gasteiger partial charge in [-0.3, -0.25) is 9.59 Å². The van der Waals surface area contributed by atoms with Gasteiger partial charge in [-0.05, 0) is 54.8 Å². The van der Waals surface area contributed by atoms with E-state index >= 15 is 0 Å². The number of amides is 2. The van der Waals surface area contributed by atoms with Crippen LogP contribution in [0.25, 0.3) is 0 Å². The smallest absolute Gasteiger partial charge is 0.313 e. The van der Waals surface area contributed by atoms with Gasteiger partial charge in [-0.15, -0.1) is 0 Å². The van der Waals surface area contributed by atoms with E-state index < -0.39 is 11.8 Å². The predicted octanol–water partition coefficient (Wildman–Crippen LogP) is 3.06. The minimum absolute atomic E-state index is 0.374. The Morgan fingerprint density at radius 2 is 1.92 bits per heavy atom. The van der Waals surface area contributed by atoms with Crippen LogP contribution in [0.4, 0.5) is 5.69 Å². The first-order chi connectivity index (χ1) is 11.5. The fourth-order valence-electron chi connectivity index (χ4n) is 2.14. The number of carbonyl (C=O) groups is 2. The number of nitrogens with one attached hydrogen (secondary N) is 2. The van der Waals surface area contributed by atoms with Crippen LogP contribution >= 0.6 is 15.9 Å². The van der Waals surface area contributed by atoms with Gasteiger partial charge in [0.1, 0.15) is 5.75 Å². The molecule has 0 radical (unpaired) electrons. The molecule has 0 aromatic heterocycles. The first kappa shape index (κ1) is 18.0. The molecule has 0 fully saturated rings. The summed E-state index contributed by atoms with van der Waals surface area (Å²) in [7, 11) is 1.61. The number of halogens is 1. The maximum atomic E-state index is 11.9. The third-order valence-corrected chi connectivity index (χ3v) is 4.35. The molecule has 0 saturated heterocycles. The van der Waals surface area contributed by atoms with Crippen molar-refractivity contribution in [2.24, 2.45) is 0 Å². The minimum Gasteiger partial charge on any atom is -0.497 e. The highest BCUT2D eigenvalue weighted by Gasteiger charge is 2.13. The van der Waals surface area contributed by atoms with E-state index in [0.717, 1.165) is 21.3 Å². The number of hydrogen-bond acceptors (Lipinski definition) is 3. The number of rotatable bonds is 5. The Morgan fingerprint density at radius 3 is 2.62 bits per heavy atom. The minimum atomic E-state index is -0.678. The Morgan fingerprint density at radius 1 is 1.12 bits per heavy atom. The highest BCUT2D eigenvalue weighted by atomic mass is 79.9. The predicted molar refractivity (Wildman–Crippen MR) is 97.2 cm³/mol. The molecule has 6 heteroatoms. The van der Waals surface area contributed by atoms with E-state index in [4.69, 9.17) is 4.74 Å². The molecule has 0 aliphatic carbocycles. The average molecular weight is 391 g/mol. The largest absolute Gasteiger partial charge is 0.497 e. The van der Waals surface area contributed by atoms with Crippen LogP contribution in [0.5, 0.6) is 5.75 Å². The van der Waals surface area contributed by atoms with Gasteiger partial charge in [-0.25, -0.2) is 0 Å². The maximum Gasteiger partial charge on any atom is 0.313 e. The summed E-state index contributed by atoms with van der Waals surface area (Å²) in [5.41, 5.74) is 2.59. The second-order valence-electron chi connectivity index (χ2n) is 5.28. The summed E-state index contributed by atoms with van der Waals surface area (Å²) in [4.78, 5) is 23.8. The summed E-state index contributed by atoms with van der Waals surface area (Å²) in [6, 6.07) is 12.9. The summed E-state index contributed by atoms with van der Waals surface area (Å²) < 4.78 is 6.10. The number of methoxy groups -OCH3 is 1. The van der Waals surface area contributed by atoms with Crippen LogP contribution in [0.15, 0.2) is 46.9 Å². The van der Waals surface area contributed by atoms with Gasteiger partial charge in [0.2, 0.25) is 0 Å². The topological polar surface area (TPSA) is 67.4 Å². The van der Waals surface area contributed by atoms with Crippen LogP contribution < -0.4 is 15.4 Å². The van der Waals surface area contributed by atoms with Gasteiger partial charge >= 0.3 is 11.8 Å². The molecule has 5 nitrogen and oxygen atoms in total. The fraction of sp³-hybridized carbons (Fsp3) is 0.222. The quantitative estimate of drug-likeness (QED) is 0.770. The molecule has 24 heavy (non-hydrogen) atoms. The molecule has 0 aliphatic rings. The van der Waals surface area contributed by atoms with Crippen molar-refractivity contribution in [1.29, 1.82) is 0 Å². The van der Waals surface area contributed by atoms with Gasteiger partial charge in [0.05, 0.1) is 7.11 Å². The molecule has 0 unspecified atom stereocenters. The van der Waals surface area contributed by atoms with Crippen molar-refractivity contribution in [3.8, 4) is 5.75 Å². The monoisotopic (exact) mass is 390 g/mol. The zero-order chi connectivity index (χ0) is 17.5. The van der Waals surface area contributed by atoms with Crippen LogP contribution in [0.3, 0.4) is 0 Å². The van der Waals surface area contributed by atoms with Crippen molar-refractivity contribution >= 4 is 33.4 Å². The highest BCUT2D eigenvalue weighted by Crippen LogP contribution is 2.19. The lowest BCUT2D eigenvalue weighted by Crippen LogP contribution is -2.36. The van der Waals surface area contributed by atoms with Crippen molar-refractivity contribution in [1.82, 2.24) is 5.32 Å². The summed E-state index contributed by atoms with van der Waals surface area (Å²) >= 11 is 3.39. The second-order valence-corrected chi connectivity index (χ2v) is 6.13. The molecule has 2 aromatic carbocycles.